The van der Waals surface area contributed by atoms with Crippen molar-refractivity contribution in [2.45, 2.75) is 33.2 Å². The van der Waals surface area contributed by atoms with E-state index in [0.29, 0.717) is 6.04 Å². The summed E-state index contributed by atoms with van der Waals surface area (Å²) in [5.41, 5.74) is 1.34. The highest BCUT2D eigenvalue weighted by Crippen LogP contribution is 2.34. The van der Waals surface area contributed by atoms with Crippen LogP contribution in [-0.4, -0.2) is 17.2 Å². The topological polar surface area (TPSA) is 37.8 Å². The zero-order valence-electron chi connectivity index (χ0n) is 10.6. The summed E-state index contributed by atoms with van der Waals surface area (Å²) in [6, 6.07) is 2.52. The first kappa shape index (κ1) is 12.7. The van der Waals surface area contributed by atoms with Crippen LogP contribution >= 0.6 is 22.7 Å². The van der Waals surface area contributed by atoms with Gasteiger partial charge < -0.3 is 5.32 Å². The number of aryl methyl sites for hydroxylation is 2. The van der Waals surface area contributed by atoms with Gasteiger partial charge in [0.2, 0.25) is 0 Å². The average Bonchev–Trinajstić information content (AvgIpc) is 2.89. The average molecular weight is 267 g/mol. The van der Waals surface area contributed by atoms with E-state index in [4.69, 9.17) is 0 Å². The van der Waals surface area contributed by atoms with Crippen LogP contribution < -0.4 is 5.32 Å². The van der Waals surface area contributed by atoms with E-state index in [-0.39, 0.29) is 0 Å². The van der Waals surface area contributed by atoms with Crippen LogP contribution in [-0.2, 0) is 0 Å². The second-order valence-corrected chi connectivity index (χ2v) is 6.31. The fraction of sp³-hybridized carbons (Fsp3) is 0.500. The molecule has 0 amide bonds. The molecule has 3 nitrogen and oxygen atoms in total. The first-order valence-electron chi connectivity index (χ1n) is 5.73. The van der Waals surface area contributed by atoms with Gasteiger partial charge in [-0.1, -0.05) is 18.3 Å². The van der Waals surface area contributed by atoms with Crippen molar-refractivity contribution >= 4 is 22.7 Å². The number of thiophene rings is 1. The maximum atomic E-state index is 4.30. The van der Waals surface area contributed by atoms with Gasteiger partial charge in [-0.2, -0.15) is 0 Å². The minimum Gasteiger partial charge on any atom is -0.311 e. The number of nitrogens with one attached hydrogen (secondary N) is 1. The highest BCUT2D eigenvalue weighted by molar-refractivity contribution is 7.21. The van der Waals surface area contributed by atoms with Gasteiger partial charge >= 0.3 is 0 Å². The van der Waals surface area contributed by atoms with Gasteiger partial charge in [-0.15, -0.1) is 21.5 Å². The molecule has 0 aliphatic rings. The van der Waals surface area contributed by atoms with Gasteiger partial charge in [0.05, 0.1) is 10.9 Å². The Labute approximate surface area is 110 Å². The predicted molar refractivity (Wildman–Crippen MR) is 74.8 cm³/mol. The lowest BCUT2D eigenvalue weighted by molar-refractivity contribution is 0.568. The Morgan fingerprint density at radius 1 is 1.29 bits per heavy atom. The van der Waals surface area contributed by atoms with Gasteiger partial charge in [-0.25, -0.2) is 0 Å². The first-order chi connectivity index (χ1) is 8.15. The Bertz CT molecular complexity index is 478. The quantitative estimate of drug-likeness (QED) is 0.920. The summed E-state index contributed by atoms with van der Waals surface area (Å²) < 4.78 is 0. The van der Waals surface area contributed by atoms with Crippen molar-refractivity contribution < 1.29 is 0 Å². The minimum atomic E-state index is 0.323. The molecule has 0 bridgehead atoms. The van der Waals surface area contributed by atoms with E-state index in [2.05, 4.69) is 42.4 Å². The molecule has 5 heteroatoms. The van der Waals surface area contributed by atoms with Crippen molar-refractivity contribution in [2.24, 2.45) is 0 Å². The molecule has 0 saturated heterocycles. The van der Waals surface area contributed by atoms with Crippen LogP contribution in [0.1, 0.15) is 34.8 Å². The second kappa shape index (κ2) is 5.25. The monoisotopic (exact) mass is 267 g/mol. The third-order valence-corrected chi connectivity index (χ3v) is 5.23. The lowest BCUT2D eigenvalue weighted by Crippen LogP contribution is -2.14. The van der Waals surface area contributed by atoms with Gasteiger partial charge in [0, 0.05) is 4.88 Å². The number of aromatic nitrogens is 2. The van der Waals surface area contributed by atoms with E-state index >= 15 is 0 Å². The van der Waals surface area contributed by atoms with Crippen molar-refractivity contribution in [3.63, 3.8) is 0 Å². The largest absolute Gasteiger partial charge is 0.311 e. The van der Waals surface area contributed by atoms with Crippen LogP contribution in [0.5, 0.6) is 0 Å². The summed E-state index contributed by atoms with van der Waals surface area (Å²) in [6.07, 6.45) is 1.04. The molecule has 17 heavy (non-hydrogen) atoms. The van der Waals surface area contributed by atoms with E-state index in [1.807, 2.05) is 7.05 Å². The summed E-state index contributed by atoms with van der Waals surface area (Å²) in [7, 11) is 1.97. The number of hydrogen-bond donors (Lipinski definition) is 1. The van der Waals surface area contributed by atoms with E-state index in [9.17, 15) is 0 Å². The Morgan fingerprint density at radius 2 is 2.06 bits per heavy atom. The molecule has 0 saturated carbocycles. The Balaban J connectivity index is 2.29. The van der Waals surface area contributed by atoms with Crippen molar-refractivity contribution in [2.75, 3.05) is 7.05 Å². The molecule has 2 aromatic rings. The first-order valence-corrected chi connectivity index (χ1v) is 7.37. The molecule has 2 rings (SSSR count). The van der Waals surface area contributed by atoms with Crippen LogP contribution in [0.2, 0.25) is 0 Å². The van der Waals surface area contributed by atoms with E-state index in [1.54, 1.807) is 22.7 Å². The summed E-state index contributed by atoms with van der Waals surface area (Å²) in [5, 5.41) is 14.0. The fourth-order valence-corrected chi connectivity index (χ4v) is 3.77. The maximum absolute atomic E-state index is 4.30. The van der Waals surface area contributed by atoms with Crippen molar-refractivity contribution in [3.8, 4) is 9.88 Å². The summed E-state index contributed by atoms with van der Waals surface area (Å²) in [5.74, 6) is 0. The van der Waals surface area contributed by atoms with Crippen molar-refractivity contribution in [1.29, 1.82) is 0 Å². The molecular formula is C12H17N3S2. The SMILES string of the molecule is CCC(NC)c1nnc(-c2cc(C)c(C)s2)s1. The molecule has 0 aromatic carbocycles. The molecule has 1 N–H and O–H groups in total. The zero-order chi connectivity index (χ0) is 12.4. The second-order valence-electron chi connectivity index (χ2n) is 4.04. The Hall–Kier alpha value is -0.780. The third kappa shape index (κ3) is 2.56. The molecule has 0 spiro atoms. The van der Waals surface area contributed by atoms with Crippen molar-refractivity contribution in [3.05, 3.63) is 21.5 Å². The maximum Gasteiger partial charge on any atom is 0.157 e. The Morgan fingerprint density at radius 3 is 2.59 bits per heavy atom. The van der Waals surface area contributed by atoms with Gasteiger partial charge in [0.1, 0.15) is 5.01 Å². The van der Waals surface area contributed by atoms with Crippen LogP contribution in [0.4, 0.5) is 0 Å². The number of hydrogen-bond acceptors (Lipinski definition) is 5. The highest BCUT2D eigenvalue weighted by Gasteiger charge is 2.15. The number of nitrogens with zero attached hydrogens (tertiary/aromatic N) is 2. The van der Waals surface area contributed by atoms with Gasteiger partial charge in [-0.3, -0.25) is 0 Å². The van der Waals surface area contributed by atoms with Crippen LogP contribution in [0.25, 0.3) is 9.88 Å². The fourth-order valence-electron chi connectivity index (χ4n) is 1.66. The molecule has 2 heterocycles. The molecule has 0 fully saturated rings. The van der Waals surface area contributed by atoms with Crippen molar-refractivity contribution in [1.82, 2.24) is 15.5 Å². The van der Waals surface area contributed by atoms with E-state index in [0.717, 1.165) is 16.4 Å². The van der Waals surface area contributed by atoms with Gasteiger partial charge in [0.15, 0.2) is 5.01 Å². The molecule has 0 aliphatic heterocycles. The standard InChI is InChI=1S/C12H17N3S2/c1-5-9(13-4)11-14-15-12(17-11)10-6-7(2)8(3)16-10/h6,9,13H,5H2,1-4H3. The Kier molecular flexibility index (Phi) is 3.91. The van der Waals surface area contributed by atoms with E-state index in [1.165, 1.54) is 15.3 Å². The van der Waals surface area contributed by atoms with Crippen LogP contribution in [0.3, 0.4) is 0 Å². The molecule has 2 aromatic heterocycles. The third-order valence-electron chi connectivity index (χ3n) is 2.87. The minimum absolute atomic E-state index is 0.323. The van der Waals surface area contributed by atoms with Gasteiger partial charge in [-0.05, 0) is 38.9 Å². The molecule has 1 atom stereocenters. The van der Waals surface area contributed by atoms with E-state index < -0.39 is 0 Å². The summed E-state index contributed by atoms with van der Waals surface area (Å²) in [4.78, 5) is 2.59. The summed E-state index contributed by atoms with van der Waals surface area (Å²) in [6.45, 7) is 6.44. The summed E-state index contributed by atoms with van der Waals surface area (Å²) >= 11 is 3.49. The molecule has 0 aliphatic carbocycles. The number of rotatable bonds is 4. The molecule has 92 valence electrons. The van der Waals surface area contributed by atoms with Gasteiger partial charge in [0.25, 0.3) is 0 Å². The molecule has 1 unspecified atom stereocenters. The lowest BCUT2D eigenvalue weighted by Gasteiger charge is -2.07. The molecule has 0 radical (unpaired) electrons. The normalized spacial score (nSPS) is 12.9. The predicted octanol–water partition coefficient (Wildman–Crippen LogP) is 3.55. The molecular weight excluding hydrogens is 250 g/mol. The smallest absolute Gasteiger partial charge is 0.157 e. The lowest BCUT2D eigenvalue weighted by atomic mass is 10.2. The highest BCUT2D eigenvalue weighted by atomic mass is 32.1. The zero-order valence-corrected chi connectivity index (χ0v) is 12.2. The van der Waals surface area contributed by atoms with Crippen LogP contribution in [0.15, 0.2) is 6.07 Å². The van der Waals surface area contributed by atoms with Crippen LogP contribution in [0, 0.1) is 13.8 Å².